The highest BCUT2D eigenvalue weighted by Gasteiger charge is 2.08. The van der Waals surface area contributed by atoms with Gasteiger partial charge in [-0.2, -0.15) is 11.8 Å². The zero-order valence-electron chi connectivity index (χ0n) is 10.8. The number of carboxylic acids is 1. The van der Waals surface area contributed by atoms with E-state index in [4.69, 9.17) is 10.8 Å². The number of rotatable bonds is 4. The molecule has 0 fully saturated rings. The Morgan fingerprint density at radius 2 is 2.05 bits per heavy atom. The number of aromatic nitrogens is 1. The van der Waals surface area contributed by atoms with Crippen molar-refractivity contribution in [1.82, 2.24) is 4.98 Å². The Balaban J connectivity index is 0.000000192. The maximum Gasteiger partial charge on any atom is 0.320 e. The maximum atomic E-state index is 10.1. The van der Waals surface area contributed by atoms with E-state index in [1.807, 2.05) is 36.7 Å². The molecule has 0 bridgehead atoms. The van der Waals surface area contributed by atoms with Crippen molar-refractivity contribution in [3.05, 3.63) is 42.6 Å². The number of benzene rings is 1. The highest BCUT2D eigenvalue weighted by atomic mass is 32.2. The van der Waals surface area contributed by atoms with E-state index in [2.05, 4.69) is 17.1 Å². The maximum absolute atomic E-state index is 10.1. The summed E-state index contributed by atoms with van der Waals surface area (Å²) in [7, 11) is 0. The number of hydrogen-bond acceptors (Lipinski definition) is 4. The molecule has 2 rings (SSSR count). The highest BCUT2D eigenvalue weighted by Crippen LogP contribution is 2.07. The molecule has 0 aliphatic rings. The van der Waals surface area contributed by atoms with Gasteiger partial charge < -0.3 is 10.8 Å². The van der Waals surface area contributed by atoms with Gasteiger partial charge in [0.15, 0.2) is 0 Å². The number of nitrogens with two attached hydrogens (primary N) is 1. The van der Waals surface area contributed by atoms with Crippen LogP contribution in [0.1, 0.15) is 6.42 Å². The van der Waals surface area contributed by atoms with Gasteiger partial charge in [0.05, 0.1) is 5.52 Å². The molecule has 102 valence electrons. The number of carbonyl (C=O) groups is 1. The first-order valence-electron chi connectivity index (χ1n) is 5.92. The zero-order chi connectivity index (χ0) is 14.1. The van der Waals surface area contributed by atoms with Crippen LogP contribution in [0.2, 0.25) is 0 Å². The van der Waals surface area contributed by atoms with Crippen molar-refractivity contribution in [1.29, 1.82) is 0 Å². The van der Waals surface area contributed by atoms with Crippen LogP contribution in [0, 0.1) is 0 Å². The molecule has 0 aliphatic carbocycles. The Hall–Kier alpha value is -1.59. The molecule has 1 aromatic carbocycles. The van der Waals surface area contributed by atoms with Gasteiger partial charge in [-0.25, -0.2) is 0 Å². The number of pyridine rings is 1. The van der Waals surface area contributed by atoms with Crippen molar-refractivity contribution in [3.63, 3.8) is 0 Å². The van der Waals surface area contributed by atoms with Gasteiger partial charge in [-0.3, -0.25) is 9.78 Å². The van der Waals surface area contributed by atoms with E-state index in [9.17, 15) is 4.79 Å². The molecular weight excluding hydrogens is 260 g/mol. The fourth-order valence-corrected chi connectivity index (χ4v) is 1.87. The summed E-state index contributed by atoms with van der Waals surface area (Å²) in [6, 6.07) is 11.4. The van der Waals surface area contributed by atoms with Crippen LogP contribution >= 0.6 is 11.8 Å². The highest BCUT2D eigenvalue weighted by molar-refractivity contribution is 7.98. The summed E-state index contributed by atoms with van der Waals surface area (Å²) >= 11 is 1.60. The molecule has 1 heterocycles. The molecule has 0 amide bonds. The van der Waals surface area contributed by atoms with Crippen molar-refractivity contribution in [3.8, 4) is 0 Å². The quantitative estimate of drug-likeness (QED) is 0.898. The summed E-state index contributed by atoms with van der Waals surface area (Å²) in [6.45, 7) is 0. The lowest BCUT2D eigenvalue weighted by molar-refractivity contribution is -0.138. The van der Waals surface area contributed by atoms with E-state index in [1.54, 1.807) is 11.8 Å². The zero-order valence-corrected chi connectivity index (χ0v) is 11.6. The Kier molecular flexibility index (Phi) is 6.92. The summed E-state index contributed by atoms with van der Waals surface area (Å²) < 4.78 is 0. The lowest BCUT2D eigenvalue weighted by atomic mass is 10.2. The Morgan fingerprint density at radius 1 is 1.37 bits per heavy atom. The molecule has 0 saturated carbocycles. The van der Waals surface area contributed by atoms with Crippen molar-refractivity contribution >= 4 is 28.6 Å². The third-order valence-electron chi connectivity index (χ3n) is 2.46. The van der Waals surface area contributed by atoms with Crippen molar-refractivity contribution < 1.29 is 9.90 Å². The predicted octanol–water partition coefficient (Wildman–Crippen LogP) is 2.39. The number of para-hydroxylation sites is 1. The van der Waals surface area contributed by atoms with Crippen LogP contribution in [0.3, 0.4) is 0 Å². The predicted molar refractivity (Wildman–Crippen MR) is 80.4 cm³/mol. The minimum Gasteiger partial charge on any atom is -0.480 e. The smallest absolute Gasteiger partial charge is 0.320 e. The van der Waals surface area contributed by atoms with Gasteiger partial charge in [-0.05, 0) is 30.6 Å². The third kappa shape index (κ3) is 5.72. The second-order valence-corrected chi connectivity index (χ2v) is 4.91. The SMILES string of the molecule is CSCC[C@H](N)C(=O)O.c1ccc2ncccc2c1. The summed E-state index contributed by atoms with van der Waals surface area (Å²) in [5.41, 5.74) is 6.25. The lowest BCUT2D eigenvalue weighted by Crippen LogP contribution is -2.30. The van der Waals surface area contributed by atoms with Gasteiger partial charge >= 0.3 is 5.97 Å². The van der Waals surface area contributed by atoms with Crippen LogP contribution in [0.25, 0.3) is 10.9 Å². The first kappa shape index (κ1) is 15.5. The molecule has 0 aliphatic heterocycles. The second-order valence-electron chi connectivity index (χ2n) is 3.92. The topological polar surface area (TPSA) is 76.2 Å². The van der Waals surface area contributed by atoms with Gasteiger partial charge in [0.2, 0.25) is 0 Å². The van der Waals surface area contributed by atoms with Crippen LogP contribution in [0.4, 0.5) is 0 Å². The van der Waals surface area contributed by atoms with Crippen molar-refractivity contribution in [2.45, 2.75) is 12.5 Å². The normalized spacial score (nSPS) is 11.5. The Bertz CT molecular complexity index is 454. The molecule has 1 aromatic heterocycles. The summed E-state index contributed by atoms with van der Waals surface area (Å²) in [6.07, 6.45) is 4.29. The standard InChI is InChI=1S/C9H7N.C5H11NO2S/c1-2-6-9-8(4-1)5-3-7-10-9;1-9-3-2-4(6)5(7)8/h1-7H;4H,2-3,6H2,1H3,(H,7,8)/t;4-/m.0/s1. The number of thioether (sulfide) groups is 1. The molecule has 19 heavy (non-hydrogen) atoms. The molecule has 2 aromatic rings. The van der Waals surface area contributed by atoms with E-state index in [0.717, 1.165) is 11.3 Å². The summed E-state index contributed by atoms with van der Waals surface area (Å²) in [5, 5.41) is 9.47. The van der Waals surface area contributed by atoms with Gasteiger partial charge in [-0.1, -0.05) is 24.3 Å². The lowest BCUT2D eigenvalue weighted by Gasteiger charge is -2.02. The fourth-order valence-electron chi connectivity index (χ4n) is 1.38. The summed E-state index contributed by atoms with van der Waals surface area (Å²) in [4.78, 5) is 14.3. The van der Waals surface area contributed by atoms with Crippen LogP contribution in [-0.4, -0.2) is 34.1 Å². The molecule has 0 unspecified atom stereocenters. The monoisotopic (exact) mass is 278 g/mol. The fraction of sp³-hybridized carbons (Fsp3) is 0.286. The molecule has 3 N–H and O–H groups in total. The van der Waals surface area contributed by atoms with Crippen LogP contribution in [0.5, 0.6) is 0 Å². The van der Waals surface area contributed by atoms with Gasteiger partial charge in [0, 0.05) is 11.6 Å². The average Bonchev–Trinajstić information content (AvgIpc) is 2.45. The number of hydrogen-bond donors (Lipinski definition) is 2. The van der Waals surface area contributed by atoms with Crippen molar-refractivity contribution in [2.75, 3.05) is 12.0 Å². The van der Waals surface area contributed by atoms with E-state index in [-0.39, 0.29) is 0 Å². The minimum atomic E-state index is -0.913. The molecule has 4 nitrogen and oxygen atoms in total. The number of nitrogens with zero attached hydrogens (tertiary/aromatic N) is 1. The first-order valence-corrected chi connectivity index (χ1v) is 7.31. The number of fused-ring (bicyclic) bond motifs is 1. The number of aliphatic carboxylic acids is 1. The molecule has 5 heteroatoms. The van der Waals surface area contributed by atoms with Gasteiger partial charge in [0.25, 0.3) is 0 Å². The van der Waals surface area contributed by atoms with Gasteiger partial charge in [-0.15, -0.1) is 0 Å². The van der Waals surface area contributed by atoms with Crippen molar-refractivity contribution in [2.24, 2.45) is 5.73 Å². The molecular formula is C14H18N2O2S. The average molecular weight is 278 g/mol. The second kappa shape index (κ2) is 8.50. The van der Waals surface area contributed by atoms with E-state index < -0.39 is 12.0 Å². The summed E-state index contributed by atoms with van der Waals surface area (Å²) in [5.74, 6) is -0.1000. The molecule has 1 atom stereocenters. The van der Waals surface area contributed by atoms with E-state index >= 15 is 0 Å². The Labute approximate surface area is 117 Å². The molecule has 0 radical (unpaired) electrons. The minimum absolute atomic E-state index is 0.552. The molecule has 0 spiro atoms. The van der Waals surface area contributed by atoms with E-state index in [0.29, 0.717) is 6.42 Å². The number of carboxylic acid groups (broad SMARTS) is 1. The van der Waals surface area contributed by atoms with Gasteiger partial charge in [0.1, 0.15) is 6.04 Å². The third-order valence-corrected chi connectivity index (χ3v) is 3.11. The Morgan fingerprint density at radius 3 is 2.68 bits per heavy atom. The van der Waals surface area contributed by atoms with Crippen LogP contribution in [0.15, 0.2) is 42.6 Å². The van der Waals surface area contributed by atoms with Crippen LogP contribution in [-0.2, 0) is 4.79 Å². The first-order chi connectivity index (χ1) is 9.15. The largest absolute Gasteiger partial charge is 0.480 e. The molecule has 0 saturated heterocycles. The van der Waals surface area contributed by atoms with E-state index in [1.165, 1.54) is 5.39 Å². The van der Waals surface area contributed by atoms with Crippen LogP contribution < -0.4 is 5.73 Å².